The summed E-state index contributed by atoms with van der Waals surface area (Å²) in [7, 11) is 0. The van der Waals surface area contributed by atoms with Crippen LogP contribution in [0.25, 0.3) is 0 Å². The van der Waals surface area contributed by atoms with Gasteiger partial charge in [-0.05, 0) is 0 Å². The Hall–Kier alpha value is 0.139. The van der Waals surface area contributed by atoms with E-state index in [4.69, 9.17) is 15.0 Å². The van der Waals surface area contributed by atoms with Crippen LogP contribution in [-0.4, -0.2) is 16.4 Å². The first-order valence-corrected chi connectivity index (χ1v) is 0.651. The van der Waals surface area contributed by atoms with Crippen LogP contribution in [0.3, 0.4) is 0 Å². The molecule has 6 heavy (non-hydrogen) atoms. The van der Waals surface area contributed by atoms with Gasteiger partial charge in [-0.15, -0.1) is 0 Å². The molecule has 0 saturated heterocycles. The molecule has 0 aliphatic carbocycles. The fourth-order valence-corrected chi connectivity index (χ4v) is 0. The summed E-state index contributed by atoms with van der Waals surface area (Å²) in [5.74, 6) is 0. The fraction of sp³-hybridized carbons (Fsp3) is 0. The molecule has 0 aromatic carbocycles. The van der Waals surface area contributed by atoms with E-state index in [1.54, 1.807) is 0 Å². The predicted molar refractivity (Wildman–Crippen MR) is 21.0 cm³/mol. The van der Waals surface area contributed by atoms with Crippen molar-refractivity contribution in [1.29, 1.82) is 0 Å². The molecule has 5 heteroatoms. The van der Waals surface area contributed by atoms with Crippen molar-refractivity contribution in [2.45, 2.75) is 0 Å². The second-order valence-electron chi connectivity index (χ2n) is 0.283. The van der Waals surface area contributed by atoms with Gasteiger partial charge >= 0.3 is 6.16 Å². The molecule has 0 saturated carbocycles. The summed E-state index contributed by atoms with van der Waals surface area (Å²) in [5, 5.41) is 13.9. The zero-order valence-electron chi connectivity index (χ0n) is 2.68. The average Bonchev–Trinajstić information content (AvgIpc) is 0.811. The van der Waals surface area contributed by atoms with Crippen LogP contribution in [0, 0.1) is 0 Å². The molecule has 0 bridgehead atoms. The van der Waals surface area contributed by atoms with Crippen molar-refractivity contribution in [2.75, 3.05) is 0 Å². The molecule has 3 nitrogen and oxygen atoms in total. The molecular weight excluding hydrogens is 147 g/mol. The molecule has 0 unspecified atom stereocenters. The molecule has 0 heterocycles. The van der Waals surface area contributed by atoms with Gasteiger partial charge in [0.05, 0.1) is 0 Å². The van der Waals surface area contributed by atoms with E-state index in [0.717, 1.165) is 0 Å². The summed E-state index contributed by atoms with van der Waals surface area (Å²) in [5.41, 5.74) is 0. The minimum absolute atomic E-state index is 0. The van der Waals surface area contributed by atoms with Gasteiger partial charge < -0.3 is 10.2 Å². The first kappa shape index (κ1) is 16.5. The molecule has 0 aliphatic heterocycles. The molecule has 0 aromatic rings. The van der Waals surface area contributed by atoms with Crippen LogP contribution in [0.2, 0.25) is 0 Å². The van der Waals surface area contributed by atoms with Crippen molar-refractivity contribution in [3.8, 4) is 0 Å². The summed E-state index contributed by atoms with van der Waals surface area (Å²) >= 11 is 0. The summed E-state index contributed by atoms with van der Waals surface area (Å²) < 4.78 is 0. The molecule has 0 amide bonds. The van der Waals surface area contributed by atoms with Crippen LogP contribution in [0.1, 0.15) is 0 Å². The van der Waals surface area contributed by atoms with Gasteiger partial charge in [-0.3, -0.25) is 0 Å². The molecule has 0 rings (SSSR count). The van der Waals surface area contributed by atoms with Gasteiger partial charge in [-0.25, -0.2) is 4.79 Å². The number of carboxylic acid groups (broad SMARTS) is 2. The van der Waals surface area contributed by atoms with E-state index in [0.29, 0.717) is 0 Å². The van der Waals surface area contributed by atoms with Crippen LogP contribution in [-0.2, 0) is 17.1 Å². The topological polar surface area (TPSA) is 57.5 Å². The zero-order chi connectivity index (χ0) is 3.58. The van der Waals surface area contributed by atoms with Gasteiger partial charge in [0.2, 0.25) is 0 Å². The second-order valence-corrected chi connectivity index (χ2v) is 0.283. The van der Waals surface area contributed by atoms with Gasteiger partial charge in [-0.2, -0.15) is 13.5 Å². The number of carbonyl (C=O) groups is 1. The summed E-state index contributed by atoms with van der Waals surface area (Å²) in [4.78, 5) is 8.56. The Balaban J connectivity index is -0.0000000450. The third kappa shape index (κ3) is 2100. The average molecular weight is 151 g/mol. The smallest absolute Gasteiger partial charge is 0.450 e. The quantitative estimate of drug-likeness (QED) is 0.490. The maximum atomic E-state index is 8.56. The summed E-state index contributed by atoms with van der Waals surface area (Å²) in [6, 6.07) is 0. The van der Waals surface area contributed by atoms with E-state index in [-0.39, 0.29) is 30.6 Å². The summed E-state index contributed by atoms with van der Waals surface area (Å²) in [6.07, 6.45) is -1.83. The Morgan fingerprint density at radius 3 is 1.33 bits per heavy atom. The molecule has 39 valence electrons. The predicted octanol–water partition coefficient (Wildman–Crippen LogP) is 0.333. The number of hydrogen-bond acceptors (Lipinski definition) is 1. The fourth-order valence-electron chi connectivity index (χ4n) is 0. The third-order valence-electron chi connectivity index (χ3n) is 0. The molecule has 0 atom stereocenters. The largest absolute Gasteiger partial charge is 0.503 e. The number of rotatable bonds is 0. The van der Waals surface area contributed by atoms with E-state index >= 15 is 0 Å². The molecule has 0 fully saturated rings. The minimum atomic E-state index is -1.83. The SMILES string of the molecule is O=C(O)O.S.[Mn]. The van der Waals surface area contributed by atoms with Crippen LogP contribution >= 0.6 is 13.5 Å². The molecule has 0 aromatic heterocycles. The van der Waals surface area contributed by atoms with Crippen LogP contribution in [0.15, 0.2) is 0 Å². The van der Waals surface area contributed by atoms with Gasteiger partial charge in [0.25, 0.3) is 0 Å². The maximum Gasteiger partial charge on any atom is 0.503 e. The van der Waals surface area contributed by atoms with Crippen LogP contribution < -0.4 is 0 Å². The van der Waals surface area contributed by atoms with Crippen molar-refractivity contribution in [3.05, 3.63) is 0 Å². The van der Waals surface area contributed by atoms with Crippen LogP contribution in [0.4, 0.5) is 4.79 Å². The van der Waals surface area contributed by atoms with E-state index in [2.05, 4.69) is 0 Å². The number of hydrogen-bond donors (Lipinski definition) is 2. The van der Waals surface area contributed by atoms with Gasteiger partial charge in [0, 0.05) is 17.1 Å². The zero-order valence-corrected chi connectivity index (χ0v) is 4.86. The van der Waals surface area contributed by atoms with Crippen molar-refractivity contribution in [1.82, 2.24) is 0 Å². The Labute approximate surface area is 52.3 Å². The van der Waals surface area contributed by atoms with Crippen molar-refractivity contribution >= 4 is 19.7 Å². The van der Waals surface area contributed by atoms with E-state index in [1.165, 1.54) is 0 Å². The van der Waals surface area contributed by atoms with E-state index < -0.39 is 6.16 Å². The Morgan fingerprint density at radius 2 is 1.33 bits per heavy atom. The Bertz CT molecular complexity index is 33.8. The molecule has 0 aliphatic rings. The van der Waals surface area contributed by atoms with Gasteiger partial charge in [0.1, 0.15) is 0 Å². The maximum absolute atomic E-state index is 8.56. The van der Waals surface area contributed by atoms with Gasteiger partial charge in [0.15, 0.2) is 0 Å². The second kappa shape index (κ2) is 8.94. The van der Waals surface area contributed by atoms with E-state index in [9.17, 15) is 0 Å². The van der Waals surface area contributed by atoms with Crippen molar-refractivity contribution in [2.24, 2.45) is 0 Å². The Kier molecular flexibility index (Phi) is 24.5. The normalized spacial score (nSPS) is 4.00. The molecule has 0 spiro atoms. The monoisotopic (exact) mass is 151 g/mol. The first-order valence-electron chi connectivity index (χ1n) is 0.651. The first-order chi connectivity index (χ1) is 1.73. The van der Waals surface area contributed by atoms with E-state index in [1.807, 2.05) is 0 Å². The van der Waals surface area contributed by atoms with Gasteiger partial charge in [-0.1, -0.05) is 0 Å². The van der Waals surface area contributed by atoms with Crippen LogP contribution in [0.5, 0.6) is 0 Å². The minimum Gasteiger partial charge on any atom is -0.450 e. The van der Waals surface area contributed by atoms with Crippen molar-refractivity contribution in [3.63, 3.8) is 0 Å². The Morgan fingerprint density at radius 1 is 1.33 bits per heavy atom. The third-order valence-corrected chi connectivity index (χ3v) is 0. The van der Waals surface area contributed by atoms with Crippen molar-refractivity contribution < 1.29 is 32.1 Å². The molecule has 1 radical (unpaired) electrons. The standard InChI is InChI=1S/CH2O3.Mn.H2S/c2-1(3)4;;/h(H2,2,3,4);;1H2. The molecule has 2 N–H and O–H groups in total. The summed E-state index contributed by atoms with van der Waals surface area (Å²) in [6.45, 7) is 0. The molecular formula is CH4MnO3S.